The molecule has 0 N–H and O–H groups in total. The summed E-state index contributed by atoms with van der Waals surface area (Å²) in [6.07, 6.45) is 0. The molecule has 1 aromatic carbocycles. The fourth-order valence-corrected chi connectivity index (χ4v) is 1.22. The van der Waals surface area contributed by atoms with Crippen LogP contribution in [0.25, 0.3) is 0 Å². The number of carbonyl (C=O) groups excluding carboxylic acids is 2. The molecule has 0 aliphatic heterocycles. The van der Waals surface area contributed by atoms with Gasteiger partial charge in [0.15, 0.2) is 0 Å². The van der Waals surface area contributed by atoms with Crippen LogP contribution in [0.2, 0.25) is 0 Å². The van der Waals surface area contributed by atoms with E-state index in [1.807, 2.05) is 0 Å². The average Bonchev–Trinajstić information content (AvgIpc) is 2.10. The van der Waals surface area contributed by atoms with Crippen molar-refractivity contribution in [3.8, 4) is 11.5 Å². The standard InChI is InChI=1S/C10H10O4S/c1-6(11)13-8-4-3-5-9(10(8)15)14-7(2)12/h3-5,15H,1-2H3. The van der Waals surface area contributed by atoms with Crippen LogP contribution in [-0.2, 0) is 9.59 Å². The Labute approximate surface area is 92.6 Å². The van der Waals surface area contributed by atoms with Crippen molar-refractivity contribution in [1.29, 1.82) is 0 Å². The van der Waals surface area contributed by atoms with Gasteiger partial charge < -0.3 is 9.47 Å². The molecule has 5 heteroatoms. The predicted octanol–water partition coefficient (Wildman–Crippen LogP) is 1.83. The van der Waals surface area contributed by atoms with Gasteiger partial charge in [-0.15, -0.1) is 12.6 Å². The summed E-state index contributed by atoms with van der Waals surface area (Å²) in [5.74, 6) is -0.371. The van der Waals surface area contributed by atoms with Crippen LogP contribution in [0.4, 0.5) is 0 Å². The fourth-order valence-electron chi connectivity index (χ4n) is 0.977. The topological polar surface area (TPSA) is 52.6 Å². The summed E-state index contributed by atoms with van der Waals surface area (Å²) in [4.78, 5) is 21.8. The van der Waals surface area contributed by atoms with Gasteiger partial charge in [0.25, 0.3) is 0 Å². The van der Waals surface area contributed by atoms with E-state index in [2.05, 4.69) is 12.6 Å². The Morgan fingerprint density at radius 1 is 1.07 bits per heavy atom. The summed E-state index contributed by atoms with van der Waals surface area (Å²) in [6.45, 7) is 2.57. The zero-order chi connectivity index (χ0) is 11.4. The first kappa shape index (κ1) is 11.6. The van der Waals surface area contributed by atoms with Crippen LogP contribution in [0.5, 0.6) is 11.5 Å². The highest BCUT2D eigenvalue weighted by molar-refractivity contribution is 7.80. The van der Waals surface area contributed by atoms with E-state index in [9.17, 15) is 9.59 Å². The lowest BCUT2D eigenvalue weighted by molar-refractivity contribution is -0.132. The van der Waals surface area contributed by atoms with Crippen LogP contribution in [0, 0.1) is 0 Å². The molecule has 0 saturated heterocycles. The van der Waals surface area contributed by atoms with Crippen molar-refractivity contribution in [2.75, 3.05) is 0 Å². The number of hydrogen-bond donors (Lipinski definition) is 1. The lowest BCUT2D eigenvalue weighted by Crippen LogP contribution is -2.05. The molecule has 0 aromatic heterocycles. The van der Waals surface area contributed by atoms with Crippen LogP contribution in [0.1, 0.15) is 13.8 Å². The molecule has 0 aliphatic rings. The van der Waals surface area contributed by atoms with E-state index in [1.165, 1.54) is 13.8 Å². The minimum absolute atomic E-state index is 0.268. The molecule has 0 aliphatic carbocycles. The number of thiol groups is 1. The number of esters is 2. The summed E-state index contributed by atoms with van der Waals surface area (Å²) in [5.41, 5.74) is 0. The Hall–Kier alpha value is -1.49. The van der Waals surface area contributed by atoms with Gasteiger partial charge in [0.05, 0.1) is 4.90 Å². The molecular weight excluding hydrogens is 216 g/mol. The highest BCUT2D eigenvalue weighted by Gasteiger charge is 2.10. The van der Waals surface area contributed by atoms with Crippen molar-refractivity contribution in [3.63, 3.8) is 0 Å². The molecule has 0 atom stereocenters. The first-order valence-corrected chi connectivity index (χ1v) is 4.64. The summed E-state index contributed by atoms with van der Waals surface area (Å²) in [7, 11) is 0. The van der Waals surface area contributed by atoms with Gasteiger partial charge >= 0.3 is 11.9 Å². The third-order valence-corrected chi connectivity index (χ3v) is 1.91. The zero-order valence-electron chi connectivity index (χ0n) is 8.31. The van der Waals surface area contributed by atoms with Gasteiger partial charge in [0, 0.05) is 13.8 Å². The molecule has 15 heavy (non-hydrogen) atoms. The minimum Gasteiger partial charge on any atom is -0.425 e. The summed E-state index contributed by atoms with van der Waals surface area (Å²) >= 11 is 4.11. The van der Waals surface area contributed by atoms with Crippen molar-refractivity contribution in [2.24, 2.45) is 0 Å². The van der Waals surface area contributed by atoms with Gasteiger partial charge in [0.2, 0.25) is 0 Å². The largest absolute Gasteiger partial charge is 0.425 e. The second-order valence-corrected chi connectivity index (χ2v) is 3.24. The second-order valence-electron chi connectivity index (χ2n) is 2.79. The molecule has 1 aromatic rings. The van der Waals surface area contributed by atoms with Crippen LogP contribution in [0.15, 0.2) is 23.1 Å². The van der Waals surface area contributed by atoms with Crippen LogP contribution < -0.4 is 9.47 Å². The molecule has 0 spiro atoms. The second kappa shape index (κ2) is 4.84. The molecule has 0 radical (unpaired) electrons. The van der Waals surface area contributed by atoms with Gasteiger partial charge in [-0.25, -0.2) is 0 Å². The lowest BCUT2D eigenvalue weighted by atomic mass is 10.3. The monoisotopic (exact) mass is 226 g/mol. The molecule has 1 rings (SSSR count). The van der Waals surface area contributed by atoms with Gasteiger partial charge in [-0.2, -0.15) is 0 Å². The molecule has 4 nitrogen and oxygen atoms in total. The molecule has 80 valence electrons. The Morgan fingerprint density at radius 2 is 1.47 bits per heavy atom. The molecule has 0 saturated carbocycles. The lowest BCUT2D eigenvalue weighted by Gasteiger charge is -2.08. The van der Waals surface area contributed by atoms with E-state index < -0.39 is 11.9 Å². The van der Waals surface area contributed by atoms with E-state index in [1.54, 1.807) is 18.2 Å². The Kier molecular flexibility index (Phi) is 3.74. The van der Waals surface area contributed by atoms with Crippen molar-refractivity contribution in [3.05, 3.63) is 18.2 Å². The number of ether oxygens (including phenoxy) is 2. The quantitative estimate of drug-likeness (QED) is 0.475. The maximum atomic E-state index is 10.7. The Morgan fingerprint density at radius 3 is 1.80 bits per heavy atom. The Balaban J connectivity index is 2.99. The maximum Gasteiger partial charge on any atom is 0.308 e. The normalized spacial score (nSPS) is 9.53. The maximum absolute atomic E-state index is 10.7. The molecule has 0 heterocycles. The number of benzene rings is 1. The third kappa shape index (κ3) is 3.28. The third-order valence-electron chi connectivity index (χ3n) is 1.47. The van der Waals surface area contributed by atoms with E-state index in [4.69, 9.17) is 9.47 Å². The fraction of sp³-hybridized carbons (Fsp3) is 0.200. The van der Waals surface area contributed by atoms with Crippen molar-refractivity contribution in [1.82, 2.24) is 0 Å². The smallest absolute Gasteiger partial charge is 0.308 e. The van der Waals surface area contributed by atoms with Crippen molar-refractivity contribution < 1.29 is 19.1 Å². The summed E-state index contributed by atoms with van der Waals surface area (Å²) in [5, 5.41) is 0. The van der Waals surface area contributed by atoms with Gasteiger partial charge in [-0.3, -0.25) is 9.59 Å². The number of rotatable bonds is 2. The minimum atomic E-state index is -0.453. The highest BCUT2D eigenvalue weighted by Crippen LogP contribution is 2.32. The molecular formula is C10H10O4S. The molecule has 0 unspecified atom stereocenters. The van der Waals surface area contributed by atoms with Crippen LogP contribution >= 0.6 is 12.6 Å². The van der Waals surface area contributed by atoms with E-state index in [-0.39, 0.29) is 11.5 Å². The number of carbonyl (C=O) groups is 2. The van der Waals surface area contributed by atoms with Crippen LogP contribution in [0.3, 0.4) is 0 Å². The SMILES string of the molecule is CC(=O)Oc1cccc(OC(C)=O)c1S. The molecule has 0 amide bonds. The van der Waals surface area contributed by atoms with Gasteiger partial charge in [-0.1, -0.05) is 6.07 Å². The van der Waals surface area contributed by atoms with E-state index in [0.29, 0.717) is 4.90 Å². The van der Waals surface area contributed by atoms with Gasteiger partial charge in [0.1, 0.15) is 11.5 Å². The van der Waals surface area contributed by atoms with E-state index >= 15 is 0 Å². The summed E-state index contributed by atoms with van der Waals surface area (Å²) < 4.78 is 9.72. The van der Waals surface area contributed by atoms with E-state index in [0.717, 1.165) is 0 Å². The number of hydrogen-bond acceptors (Lipinski definition) is 5. The van der Waals surface area contributed by atoms with Crippen molar-refractivity contribution in [2.45, 2.75) is 18.7 Å². The Bertz CT molecular complexity index is 366. The van der Waals surface area contributed by atoms with Gasteiger partial charge in [-0.05, 0) is 12.1 Å². The van der Waals surface area contributed by atoms with Crippen LogP contribution in [-0.4, -0.2) is 11.9 Å². The van der Waals surface area contributed by atoms with Crippen molar-refractivity contribution >= 4 is 24.6 Å². The zero-order valence-corrected chi connectivity index (χ0v) is 9.21. The average molecular weight is 226 g/mol. The predicted molar refractivity (Wildman–Crippen MR) is 56.3 cm³/mol. The molecule has 0 fully saturated rings. The highest BCUT2D eigenvalue weighted by atomic mass is 32.1. The first-order valence-electron chi connectivity index (χ1n) is 4.19. The summed E-state index contributed by atoms with van der Waals surface area (Å²) in [6, 6.07) is 4.74. The molecule has 0 bridgehead atoms. The first-order chi connectivity index (χ1) is 7.00.